The summed E-state index contributed by atoms with van der Waals surface area (Å²) in [5.41, 5.74) is 1.96. The maximum absolute atomic E-state index is 10.7. The fraction of sp³-hybridized carbons (Fsp3) is 1.00. The molecular formula is C2H4F2NORf-. The van der Waals surface area contributed by atoms with Crippen LogP contribution >= 0.6 is 0 Å². The Morgan fingerprint density at radius 2 is 2.14 bits per heavy atom. The Morgan fingerprint density at radius 3 is 2.29 bits per heavy atom. The van der Waals surface area contributed by atoms with Gasteiger partial charge in [0.15, 0.2) is 6.86 Å². The van der Waals surface area contributed by atoms with E-state index in [1.165, 1.54) is 0 Å². The smallest absolute Gasteiger partial charge is 0.186 e. The van der Waals surface area contributed by atoms with Gasteiger partial charge >= 0.3 is 0 Å². The summed E-state index contributed by atoms with van der Waals surface area (Å²) >= 11 is 0. The summed E-state index contributed by atoms with van der Waals surface area (Å²) in [6.45, 7) is -1.48. The van der Waals surface area contributed by atoms with Crippen molar-refractivity contribution in [1.29, 1.82) is 0 Å². The molecule has 0 aliphatic rings. The summed E-state index contributed by atoms with van der Waals surface area (Å²) in [4.78, 5) is 0. The van der Waals surface area contributed by atoms with Crippen molar-refractivity contribution >= 4 is 0 Å². The Morgan fingerprint density at radius 1 is 1.57 bits per heavy atom. The van der Waals surface area contributed by atoms with Crippen molar-refractivity contribution in [2.75, 3.05) is 13.6 Å². The van der Waals surface area contributed by atoms with Gasteiger partial charge < -0.3 is 14.8 Å². The zero-order valence-corrected chi connectivity index (χ0v) is 10.1. The first-order valence-electron chi connectivity index (χ1n) is 1.33. The molecule has 0 aromatic rings. The number of nitrogens with zero attached hydrogens (tertiary/aromatic N) is 1. The molecule has 0 spiro atoms. The number of hydrogen-bond donors (Lipinski definition) is 0. The Bertz CT molecular complexity index is 27.7. The van der Waals surface area contributed by atoms with Gasteiger partial charge in [0.2, 0.25) is 0 Å². The minimum Gasteiger partial charge on any atom is -0.469 e. The van der Waals surface area contributed by atoms with Crippen LogP contribution in [0.15, 0.2) is 0 Å². The van der Waals surface area contributed by atoms with E-state index in [0.717, 1.165) is 0 Å². The van der Waals surface area contributed by atoms with Crippen LogP contribution in [0.5, 0.6) is 0 Å². The van der Waals surface area contributed by atoms with Crippen LogP contribution in [0.1, 0.15) is 0 Å². The number of halogens is 2. The molecule has 0 radical (unpaired) electrons. The van der Waals surface area contributed by atoms with E-state index < -0.39 is 13.6 Å². The van der Waals surface area contributed by atoms with Gasteiger partial charge in [0.05, 0.1) is 0 Å². The van der Waals surface area contributed by atoms with Crippen molar-refractivity contribution in [1.82, 2.24) is 0 Å². The van der Waals surface area contributed by atoms with Gasteiger partial charge in [-0.15, -0.1) is 0 Å². The molecule has 0 aromatic heterocycles. The molecule has 0 aromatic carbocycles. The second-order valence-corrected chi connectivity index (χ2v) is 0.562. The van der Waals surface area contributed by atoms with Gasteiger partial charge in [-0.05, 0) is 6.73 Å². The predicted octanol–water partition coefficient (Wildman–Crippen LogP) is 1.15. The average Bonchev–Trinajstić information content (AvgIpc) is 1.61. The first kappa shape index (κ1) is 9.24. The molecule has 0 atom stereocenters. The second kappa shape index (κ2) is 8.84. The molecule has 40 valence electrons. The standard InChI is InChI=1S/C2H4F2NO.Rf/c3-1-6-2-5-4;/h1-2H2;/q-1;. The van der Waals surface area contributed by atoms with Gasteiger partial charge in [0.1, 0.15) is 0 Å². The number of rotatable bonds is 3. The molecule has 0 rings (SSSR count). The monoisotopic (exact) mass is 363 g/mol. The summed E-state index contributed by atoms with van der Waals surface area (Å²) in [5, 5.41) is 0. The van der Waals surface area contributed by atoms with Crippen molar-refractivity contribution in [2.24, 2.45) is 0 Å². The van der Waals surface area contributed by atoms with Gasteiger partial charge in [0.25, 0.3) is 0 Å². The summed E-state index contributed by atoms with van der Waals surface area (Å²) in [7, 11) is 0. The Hall–Kier alpha value is -1.22. The van der Waals surface area contributed by atoms with E-state index in [4.69, 9.17) is 0 Å². The largest absolute Gasteiger partial charge is 0.469 e. The maximum Gasteiger partial charge on any atom is 0.186 e. The number of hydrogen-bond acceptors (Lipinski definition) is 1. The van der Waals surface area contributed by atoms with E-state index in [1.54, 1.807) is 0 Å². The minimum atomic E-state index is -0.979. The third-order valence-corrected chi connectivity index (χ3v) is 0.217. The van der Waals surface area contributed by atoms with Gasteiger partial charge in [-0.1, -0.05) is 0 Å². The summed E-state index contributed by atoms with van der Waals surface area (Å²) in [6, 6.07) is 0. The molecule has 0 N–H and O–H groups in total. The zero-order valence-electron chi connectivity index (χ0n) is 3.73. The molecule has 0 unspecified atom stereocenters. The van der Waals surface area contributed by atoms with Gasteiger partial charge in [-0.25, -0.2) is 4.39 Å². The van der Waals surface area contributed by atoms with E-state index in [1.807, 2.05) is 5.54 Å². The summed E-state index contributed by atoms with van der Waals surface area (Å²) in [5.74, 6) is 0. The molecule has 0 amide bonds. The molecule has 0 aliphatic heterocycles. The van der Waals surface area contributed by atoms with Gasteiger partial charge in [0, 0.05) is 0 Å². The molecule has 0 aliphatic carbocycles. The summed E-state index contributed by atoms with van der Waals surface area (Å²) in [6.07, 6.45) is 0. The van der Waals surface area contributed by atoms with E-state index in [-0.39, 0.29) is 0 Å². The van der Waals surface area contributed by atoms with Crippen LogP contribution in [0.25, 0.3) is 5.54 Å². The Kier molecular flexibility index (Phi) is 11.7. The van der Waals surface area contributed by atoms with Crippen LogP contribution in [0.2, 0.25) is 0 Å². The van der Waals surface area contributed by atoms with Crippen LogP contribution in [0, 0.1) is 0 Å². The molecule has 0 saturated carbocycles. The molecule has 5 heteroatoms. The van der Waals surface area contributed by atoms with Gasteiger partial charge in [-0.2, -0.15) is 0 Å². The predicted molar refractivity (Wildman–Crippen MR) is 16.4 cm³/mol. The number of alkyl halides is 1. The fourth-order valence-corrected chi connectivity index (χ4v) is 0.0690. The van der Waals surface area contributed by atoms with E-state index in [9.17, 15) is 8.87 Å². The molecular weight excluding hydrogens is 359 g/mol. The molecule has 0 heterocycles. The van der Waals surface area contributed by atoms with E-state index in [2.05, 4.69) is 4.74 Å². The molecule has 2 nitrogen and oxygen atoms in total. The third-order valence-electron chi connectivity index (χ3n) is 0.217. The Labute approximate surface area is 34.0 Å². The van der Waals surface area contributed by atoms with Crippen molar-refractivity contribution in [2.45, 2.75) is 0 Å². The van der Waals surface area contributed by atoms with Crippen LogP contribution in [-0.2, 0) is 4.74 Å². The summed E-state index contributed by atoms with van der Waals surface area (Å²) < 4.78 is 25.0. The topological polar surface area (TPSA) is 23.3 Å². The SMILES string of the molecule is FCOC[N-]F.[Rf]. The van der Waals surface area contributed by atoms with Crippen LogP contribution in [-0.4, -0.2) is 13.6 Å². The van der Waals surface area contributed by atoms with Crippen LogP contribution in [0.3, 0.4) is 0 Å². The Balaban J connectivity index is 0. The van der Waals surface area contributed by atoms with Gasteiger partial charge in [-0.3, -0.25) is 0 Å². The quantitative estimate of drug-likeness (QED) is 0.691. The molecule has 0 fully saturated rings. The van der Waals surface area contributed by atoms with Crippen LogP contribution < -0.4 is 0 Å². The van der Waals surface area contributed by atoms with Crippen molar-refractivity contribution < 1.29 is 13.6 Å². The minimum absolute atomic E-state index is 0. The van der Waals surface area contributed by atoms with Crippen molar-refractivity contribution in [3.63, 3.8) is 0 Å². The number of ether oxygens (including phenoxy) is 1. The zero-order chi connectivity index (χ0) is 4.83. The first-order valence-corrected chi connectivity index (χ1v) is 1.33. The van der Waals surface area contributed by atoms with Crippen LogP contribution in [0.4, 0.5) is 8.87 Å². The fourth-order valence-electron chi connectivity index (χ4n) is 0.0690. The van der Waals surface area contributed by atoms with E-state index in [0.29, 0.717) is 0 Å². The first-order chi connectivity index (χ1) is 2.91. The normalized spacial score (nSPS) is 7.71. The maximum atomic E-state index is 10.7. The second-order valence-electron chi connectivity index (χ2n) is 0.562. The van der Waals surface area contributed by atoms with E-state index >= 15 is 0 Å². The average molecular weight is 363 g/mol. The van der Waals surface area contributed by atoms with Crippen molar-refractivity contribution in [3.05, 3.63) is 5.54 Å². The van der Waals surface area contributed by atoms with Crippen molar-refractivity contribution in [3.8, 4) is 0 Å². The molecule has 0 bridgehead atoms. The molecule has 0 saturated heterocycles. The molecule has 7 heavy (non-hydrogen) atoms. The third kappa shape index (κ3) is 11.7.